The first-order valence-electron chi connectivity index (χ1n) is 12.2. The molecule has 0 aliphatic heterocycles. The molecule has 0 unspecified atom stereocenters. The number of aryl methyl sites for hydroxylation is 1. The molecule has 0 bridgehead atoms. The number of imidazole rings is 1. The Morgan fingerprint density at radius 2 is 1.94 bits per heavy atom. The molecule has 4 rings (SSSR count). The number of benzene rings is 2. The highest BCUT2D eigenvalue weighted by Gasteiger charge is 2.34. The average Bonchev–Trinajstić information content (AvgIpc) is 3.48. The average molecular weight is 506 g/mol. The fourth-order valence-electron chi connectivity index (χ4n) is 4.42. The van der Waals surface area contributed by atoms with Crippen molar-refractivity contribution in [1.29, 1.82) is 0 Å². The molecule has 0 saturated carbocycles. The van der Waals surface area contributed by atoms with Crippen LogP contribution in [0.15, 0.2) is 71.6 Å². The largest absolute Gasteiger partial charge is 0.364 e. The van der Waals surface area contributed by atoms with Crippen LogP contribution < -0.4 is 5.73 Å². The molecule has 0 aliphatic rings. The van der Waals surface area contributed by atoms with E-state index in [0.29, 0.717) is 42.3 Å². The van der Waals surface area contributed by atoms with E-state index in [1.165, 1.54) is 6.26 Å². The molecule has 2 aromatic heterocycles. The lowest BCUT2D eigenvalue weighted by atomic mass is 10.00. The summed E-state index contributed by atoms with van der Waals surface area (Å²) in [5.74, 6) is 0.686. The Labute approximate surface area is 216 Å². The lowest BCUT2D eigenvalue weighted by Gasteiger charge is -2.34. The Bertz CT molecular complexity index is 1300. The van der Waals surface area contributed by atoms with Gasteiger partial charge in [0.2, 0.25) is 0 Å². The minimum absolute atomic E-state index is 0.0723. The molecule has 188 valence electrons. The van der Waals surface area contributed by atoms with Gasteiger partial charge in [-0.15, -0.1) is 0 Å². The van der Waals surface area contributed by atoms with Gasteiger partial charge in [-0.1, -0.05) is 73.1 Å². The van der Waals surface area contributed by atoms with E-state index in [1.54, 1.807) is 0 Å². The normalized spacial score (nSPS) is 12.2. The number of carbonyl (C=O) groups is 1. The molecule has 0 radical (unpaired) electrons. The van der Waals surface area contributed by atoms with Gasteiger partial charge < -0.3 is 19.7 Å². The molecule has 36 heavy (non-hydrogen) atoms. The van der Waals surface area contributed by atoms with Crippen molar-refractivity contribution in [2.24, 2.45) is 11.7 Å². The van der Waals surface area contributed by atoms with Gasteiger partial charge in [-0.3, -0.25) is 4.79 Å². The molecule has 4 aromatic rings. The third-order valence-corrected chi connectivity index (χ3v) is 6.40. The smallest absolute Gasteiger partial charge is 0.276 e. The highest BCUT2D eigenvalue weighted by atomic mass is 35.5. The quantitative estimate of drug-likeness (QED) is 0.297. The molecule has 2 aromatic carbocycles. The molecule has 2 heterocycles. The monoisotopic (exact) mass is 505 g/mol. The highest BCUT2D eigenvalue weighted by Crippen LogP contribution is 2.33. The summed E-state index contributed by atoms with van der Waals surface area (Å²) in [6.45, 7) is 7.60. The Hall–Kier alpha value is -3.42. The standard InChI is InChI=1S/C28H32ClN5O2/c1-19(2)26(34(14-8-13-30)28(35)25-20(3)18-36-32-25)27-31-24(22-11-7-12-23(29)15-22)17-33(27)16-21-9-5-4-6-10-21/h4-7,9-12,15,17-19,26H,8,13-14,16,30H2,1-3H3/t26-/m1/s1. The maximum atomic E-state index is 13.8. The molecule has 0 saturated heterocycles. The zero-order valence-corrected chi connectivity index (χ0v) is 21.7. The fraction of sp³-hybridized carbons (Fsp3) is 0.321. The van der Waals surface area contributed by atoms with Crippen LogP contribution in [-0.2, 0) is 6.54 Å². The van der Waals surface area contributed by atoms with Crippen molar-refractivity contribution in [3.63, 3.8) is 0 Å². The second-order valence-corrected chi connectivity index (χ2v) is 9.72. The van der Waals surface area contributed by atoms with Crippen LogP contribution >= 0.6 is 11.6 Å². The van der Waals surface area contributed by atoms with Gasteiger partial charge >= 0.3 is 0 Å². The number of aromatic nitrogens is 3. The Morgan fingerprint density at radius 1 is 1.17 bits per heavy atom. The SMILES string of the molecule is Cc1conc1C(=O)N(CCCN)[C@@H](c1nc(-c2cccc(Cl)c2)cn1Cc1ccccc1)C(C)C. The summed E-state index contributed by atoms with van der Waals surface area (Å²) in [5.41, 5.74) is 9.74. The summed E-state index contributed by atoms with van der Waals surface area (Å²) in [6.07, 6.45) is 4.19. The minimum atomic E-state index is -0.309. The van der Waals surface area contributed by atoms with E-state index in [4.69, 9.17) is 26.8 Å². The van der Waals surface area contributed by atoms with Crippen LogP contribution in [-0.4, -0.2) is 38.6 Å². The number of amides is 1. The summed E-state index contributed by atoms with van der Waals surface area (Å²) >= 11 is 6.29. The third-order valence-electron chi connectivity index (χ3n) is 6.17. The number of nitrogens with two attached hydrogens (primary N) is 1. The number of halogens is 1. The molecule has 1 amide bonds. The predicted octanol–water partition coefficient (Wildman–Crippen LogP) is 5.74. The van der Waals surface area contributed by atoms with E-state index in [1.807, 2.05) is 60.5 Å². The van der Waals surface area contributed by atoms with E-state index in [-0.39, 0.29) is 17.9 Å². The number of hydrogen-bond acceptors (Lipinski definition) is 5. The Morgan fingerprint density at radius 3 is 2.58 bits per heavy atom. The van der Waals surface area contributed by atoms with E-state index in [0.717, 1.165) is 22.6 Å². The molecule has 0 aliphatic carbocycles. The lowest BCUT2D eigenvalue weighted by molar-refractivity contribution is 0.0593. The molecular formula is C28H32ClN5O2. The number of carbonyl (C=O) groups excluding carboxylic acids is 1. The van der Waals surface area contributed by atoms with Crippen molar-refractivity contribution in [3.8, 4) is 11.3 Å². The Balaban J connectivity index is 1.83. The van der Waals surface area contributed by atoms with Gasteiger partial charge in [0.25, 0.3) is 5.91 Å². The topological polar surface area (TPSA) is 90.2 Å². The van der Waals surface area contributed by atoms with Crippen LogP contribution in [0.1, 0.15) is 53.7 Å². The summed E-state index contributed by atoms with van der Waals surface area (Å²) in [5, 5.41) is 4.64. The van der Waals surface area contributed by atoms with Gasteiger partial charge in [0, 0.05) is 35.4 Å². The van der Waals surface area contributed by atoms with Gasteiger partial charge in [-0.2, -0.15) is 0 Å². The predicted molar refractivity (Wildman–Crippen MR) is 142 cm³/mol. The van der Waals surface area contributed by atoms with Crippen LogP contribution in [0, 0.1) is 12.8 Å². The molecule has 1 atom stereocenters. The van der Waals surface area contributed by atoms with Gasteiger partial charge in [0.15, 0.2) is 5.69 Å². The lowest BCUT2D eigenvalue weighted by Crippen LogP contribution is -2.40. The summed E-state index contributed by atoms with van der Waals surface area (Å²) in [6, 6.07) is 17.6. The van der Waals surface area contributed by atoms with Crippen molar-refractivity contribution in [2.75, 3.05) is 13.1 Å². The van der Waals surface area contributed by atoms with Crippen LogP contribution in [0.2, 0.25) is 5.02 Å². The van der Waals surface area contributed by atoms with Gasteiger partial charge in [0.05, 0.1) is 11.7 Å². The first-order valence-corrected chi connectivity index (χ1v) is 12.6. The summed E-state index contributed by atoms with van der Waals surface area (Å²) in [7, 11) is 0. The van der Waals surface area contributed by atoms with Gasteiger partial charge in [-0.05, 0) is 43.5 Å². The first kappa shape index (κ1) is 25.7. The first-order chi connectivity index (χ1) is 17.4. The van der Waals surface area contributed by atoms with Crippen molar-refractivity contribution >= 4 is 17.5 Å². The zero-order chi connectivity index (χ0) is 25.7. The maximum Gasteiger partial charge on any atom is 0.276 e. The number of nitrogens with zero attached hydrogens (tertiary/aromatic N) is 4. The van der Waals surface area contributed by atoms with E-state index < -0.39 is 0 Å². The molecule has 8 heteroatoms. The van der Waals surface area contributed by atoms with Gasteiger partial charge in [0.1, 0.15) is 12.1 Å². The van der Waals surface area contributed by atoms with Crippen LogP contribution in [0.25, 0.3) is 11.3 Å². The van der Waals surface area contributed by atoms with Crippen molar-refractivity contribution in [2.45, 2.75) is 39.8 Å². The van der Waals surface area contributed by atoms with Crippen molar-refractivity contribution < 1.29 is 9.32 Å². The van der Waals surface area contributed by atoms with Crippen molar-refractivity contribution in [1.82, 2.24) is 19.6 Å². The maximum absolute atomic E-state index is 13.8. The minimum Gasteiger partial charge on any atom is -0.364 e. The summed E-state index contributed by atoms with van der Waals surface area (Å²) < 4.78 is 7.22. The molecule has 0 spiro atoms. The molecular weight excluding hydrogens is 474 g/mol. The highest BCUT2D eigenvalue weighted by molar-refractivity contribution is 6.30. The van der Waals surface area contributed by atoms with E-state index in [9.17, 15) is 4.79 Å². The second-order valence-electron chi connectivity index (χ2n) is 9.28. The zero-order valence-electron chi connectivity index (χ0n) is 20.9. The molecule has 0 fully saturated rings. The molecule has 2 N–H and O–H groups in total. The van der Waals surface area contributed by atoms with Crippen LogP contribution in [0.3, 0.4) is 0 Å². The molecule has 7 nitrogen and oxygen atoms in total. The summed E-state index contributed by atoms with van der Waals surface area (Å²) in [4.78, 5) is 20.7. The van der Waals surface area contributed by atoms with Crippen LogP contribution in [0.4, 0.5) is 0 Å². The number of rotatable bonds is 10. The van der Waals surface area contributed by atoms with Gasteiger partial charge in [-0.25, -0.2) is 4.98 Å². The third kappa shape index (κ3) is 5.69. The Kier molecular flexibility index (Phi) is 8.23. The van der Waals surface area contributed by atoms with Crippen molar-refractivity contribution in [3.05, 3.63) is 94.7 Å². The van der Waals surface area contributed by atoms with Crippen LogP contribution in [0.5, 0.6) is 0 Å². The van der Waals surface area contributed by atoms with E-state index >= 15 is 0 Å². The number of hydrogen-bond donors (Lipinski definition) is 1. The fourth-order valence-corrected chi connectivity index (χ4v) is 4.61. The van der Waals surface area contributed by atoms with E-state index in [2.05, 4.69) is 35.7 Å². The second kappa shape index (κ2) is 11.5.